The second-order valence-electron chi connectivity index (χ2n) is 3.77. The summed E-state index contributed by atoms with van der Waals surface area (Å²) >= 11 is 18.1. The predicted molar refractivity (Wildman–Crippen MR) is 89.3 cm³/mol. The second kappa shape index (κ2) is 6.97. The number of anilines is 1. The maximum absolute atomic E-state index is 12.1. The summed E-state index contributed by atoms with van der Waals surface area (Å²) in [7, 11) is 1.64. The van der Waals surface area contributed by atoms with Gasteiger partial charge in [-0.1, -0.05) is 68.2 Å². The van der Waals surface area contributed by atoms with Gasteiger partial charge in [0.15, 0.2) is 2.69 Å². The van der Waals surface area contributed by atoms with Crippen LogP contribution >= 0.6 is 55.2 Å². The van der Waals surface area contributed by atoms with Crippen LogP contribution in [0.3, 0.4) is 0 Å². The van der Waals surface area contributed by atoms with E-state index in [-0.39, 0.29) is 12.6 Å². The van der Waals surface area contributed by atoms with Crippen LogP contribution < -0.4 is 4.90 Å². The molecule has 1 aromatic carbocycles. The van der Waals surface area contributed by atoms with Crippen molar-refractivity contribution in [2.45, 2.75) is 2.69 Å². The molecular formula is C12H12Br2Cl2N2O. The molecule has 7 heteroatoms. The molecule has 0 fully saturated rings. The molecule has 1 rings (SSSR count). The van der Waals surface area contributed by atoms with Gasteiger partial charge in [-0.15, -0.1) is 0 Å². The fourth-order valence-corrected chi connectivity index (χ4v) is 2.60. The lowest BCUT2D eigenvalue weighted by Crippen LogP contribution is -2.39. The molecule has 0 aliphatic heterocycles. The Kier molecular flexibility index (Phi) is 6.17. The van der Waals surface area contributed by atoms with Crippen molar-refractivity contribution in [1.29, 1.82) is 0 Å². The Morgan fingerprint density at radius 1 is 1.42 bits per heavy atom. The number of urea groups is 1. The van der Waals surface area contributed by atoms with E-state index in [0.717, 1.165) is 15.7 Å². The Balaban J connectivity index is 2.78. The van der Waals surface area contributed by atoms with Crippen molar-refractivity contribution in [3.63, 3.8) is 0 Å². The zero-order valence-electron chi connectivity index (χ0n) is 10.1. The lowest BCUT2D eigenvalue weighted by atomic mass is 10.2. The van der Waals surface area contributed by atoms with Gasteiger partial charge >= 0.3 is 6.03 Å². The summed E-state index contributed by atoms with van der Waals surface area (Å²) < 4.78 is 0.0584. The van der Waals surface area contributed by atoms with Crippen LogP contribution in [0, 0.1) is 0 Å². The number of carbonyl (C=O) groups excluding carboxylic acids is 1. The Morgan fingerprint density at radius 3 is 2.37 bits per heavy atom. The number of amides is 2. The number of halogens is 4. The number of rotatable bonds is 4. The van der Waals surface area contributed by atoms with Crippen molar-refractivity contribution in [1.82, 2.24) is 4.42 Å². The van der Waals surface area contributed by atoms with E-state index in [1.165, 1.54) is 4.90 Å². The highest BCUT2D eigenvalue weighted by molar-refractivity contribution is 9.26. The highest BCUT2D eigenvalue weighted by atomic mass is 79.9. The summed E-state index contributed by atoms with van der Waals surface area (Å²) in [4.78, 5) is 13.5. The molecule has 0 N–H and O–H groups in total. The van der Waals surface area contributed by atoms with Gasteiger partial charge in [-0.25, -0.2) is 9.21 Å². The SMILES string of the molecule is C=Cc1ccc(N(C)C(=O)N(Cl)CC(Cl)(Br)Br)cc1. The number of benzene rings is 1. The first kappa shape index (κ1) is 16.8. The van der Waals surface area contributed by atoms with Crippen LogP contribution in [0.5, 0.6) is 0 Å². The van der Waals surface area contributed by atoms with Gasteiger partial charge in [0.05, 0.1) is 6.54 Å². The van der Waals surface area contributed by atoms with Gasteiger partial charge in [0.1, 0.15) is 0 Å². The minimum Gasteiger partial charge on any atom is -0.296 e. The molecule has 2 amide bonds. The maximum Gasteiger partial charge on any atom is 0.338 e. The monoisotopic (exact) mass is 428 g/mol. The van der Waals surface area contributed by atoms with E-state index in [0.29, 0.717) is 0 Å². The minimum absolute atomic E-state index is 0.0873. The summed E-state index contributed by atoms with van der Waals surface area (Å²) in [5, 5.41) is 0. The molecule has 0 unspecified atom stereocenters. The Labute approximate surface area is 139 Å². The average molecular weight is 431 g/mol. The molecule has 0 saturated heterocycles. The lowest BCUT2D eigenvalue weighted by Gasteiger charge is -2.25. The quantitative estimate of drug-likeness (QED) is 0.485. The fraction of sp³-hybridized carbons (Fsp3) is 0.250. The van der Waals surface area contributed by atoms with Crippen molar-refractivity contribution < 1.29 is 4.79 Å². The van der Waals surface area contributed by atoms with Crippen molar-refractivity contribution in [3.8, 4) is 0 Å². The predicted octanol–water partition coefficient (Wildman–Crippen LogP) is 5.02. The highest BCUT2D eigenvalue weighted by Crippen LogP contribution is 2.33. The van der Waals surface area contributed by atoms with E-state index < -0.39 is 2.69 Å². The molecule has 0 saturated carbocycles. The first-order valence-electron chi connectivity index (χ1n) is 5.25. The van der Waals surface area contributed by atoms with Crippen molar-refractivity contribution in [3.05, 3.63) is 36.4 Å². The van der Waals surface area contributed by atoms with E-state index >= 15 is 0 Å². The number of hydrogen-bond donors (Lipinski definition) is 0. The average Bonchev–Trinajstić information content (AvgIpc) is 2.35. The third-order valence-corrected chi connectivity index (χ3v) is 3.21. The van der Waals surface area contributed by atoms with Crippen LogP contribution in [0.25, 0.3) is 6.08 Å². The fourth-order valence-electron chi connectivity index (χ4n) is 1.33. The second-order valence-corrected chi connectivity index (χ2v) is 9.51. The van der Waals surface area contributed by atoms with Crippen molar-refractivity contribution >= 4 is 73.0 Å². The molecule has 0 bridgehead atoms. The summed E-state index contributed by atoms with van der Waals surface area (Å²) in [6.07, 6.45) is 1.73. The molecule has 0 heterocycles. The van der Waals surface area contributed by atoms with Gasteiger partial charge in [0, 0.05) is 24.5 Å². The highest BCUT2D eigenvalue weighted by Gasteiger charge is 2.27. The third-order valence-electron chi connectivity index (χ3n) is 2.33. The molecule has 0 aliphatic carbocycles. The standard InChI is InChI=1S/C12H12Br2Cl2N2O/c1-3-9-4-6-10(7-5-9)17(2)11(19)18(16)8-12(13,14)15/h3-7H,1,8H2,2H3. The lowest BCUT2D eigenvalue weighted by molar-refractivity contribution is 0.232. The molecule has 0 radical (unpaired) electrons. The maximum atomic E-state index is 12.1. The first-order chi connectivity index (χ1) is 8.74. The Hall–Kier alpha value is -0.230. The van der Waals surface area contributed by atoms with Crippen molar-refractivity contribution in [2.24, 2.45) is 0 Å². The van der Waals surface area contributed by atoms with Gasteiger partial charge in [-0.05, 0) is 17.7 Å². The zero-order chi connectivity index (χ0) is 14.6. The van der Waals surface area contributed by atoms with E-state index in [1.54, 1.807) is 13.1 Å². The van der Waals surface area contributed by atoms with Gasteiger partial charge < -0.3 is 0 Å². The summed E-state index contributed by atoms with van der Waals surface area (Å²) in [6, 6.07) is 6.99. The minimum atomic E-state index is -0.940. The molecule has 0 spiro atoms. The van der Waals surface area contributed by atoms with Gasteiger partial charge in [0.2, 0.25) is 0 Å². The van der Waals surface area contributed by atoms with Gasteiger partial charge in [0.25, 0.3) is 0 Å². The van der Waals surface area contributed by atoms with Crippen LogP contribution in [0.2, 0.25) is 0 Å². The first-order valence-corrected chi connectivity index (χ1v) is 7.55. The Morgan fingerprint density at radius 2 is 1.95 bits per heavy atom. The molecule has 0 aromatic heterocycles. The number of carbonyl (C=O) groups is 1. The van der Waals surface area contributed by atoms with Crippen LogP contribution in [-0.2, 0) is 0 Å². The smallest absolute Gasteiger partial charge is 0.296 e. The zero-order valence-corrected chi connectivity index (χ0v) is 14.8. The van der Waals surface area contributed by atoms with Crippen molar-refractivity contribution in [2.75, 3.05) is 18.5 Å². The summed E-state index contributed by atoms with van der Waals surface area (Å²) in [6.45, 7) is 3.76. The molecule has 1 aromatic rings. The van der Waals surface area contributed by atoms with Gasteiger partial charge in [-0.2, -0.15) is 0 Å². The molecular weight excluding hydrogens is 419 g/mol. The number of hydrogen-bond acceptors (Lipinski definition) is 1. The van der Waals surface area contributed by atoms with E-state index in [4.69, 9.17) is 23.4 Å². The number of nitrogens with zero attached hydrogens (tertiary/aromatic N) is 2. The molecule has 0 aliphatic rings. The molecule has 0 atom stereocenters. The van der Waals surface area contributed by atoms with Gasteiger partial charge in [-0.3, -0.25) is 4.90 Å². The van der Waals surface area contributed by atoms with E-state index in [1.807, 2.05) is 24.3 Å². The van der Waals surface area contributed by atoms with E-state index in [9.17, 15) is 4.79 Å². The molecule has 19 heavy (non-hydrogen) atoms. The van der Waals surface area contributed by atoms with Crippen LogP contribution in [-0.4, -0.2) is 26.7 Å². The van der Waals surface area contributed by atoms with Crippen LogP contribution in [0.1, 0.15) is 5.56 Å². The Bertz CT molecular complexity index is 460. The summed E-state index contributed by atoms with van der Waals surface area (Å²) in [5.74, 6) is 0. The topological polar surface area (TPSA) is 23.6 Å². The third kappa shape index (κ3) is 5.34. The van der Waals surface area contributed by atoms with Crippen LogP contribution in [0.15, 0.2) is 30.8 Å². The largest absolute Gasteiger partial charge is 0.338 e. The molecule has 104 valence electrons. The number of alkyl halides is 3. The van der Waals surface area contributed by atoms with E-state index in [2.05, 4.69) is 38.4 Å². The normalized spacial score (nSPS) is 11.0. The van der Waals surface area contributed by atoms with Crippen LogP contribution in [0.4, 0.5) is 10.5 Å². The molecule has 3 nitrogen and oxygen atoms in total. The summed E-state index contributed by atoms with van der Waals surface area (Å²) in [5.41, 5.74) is 1.71.